The van der Waals surface area contributed by atoms with Crippen molar-refractivity contribution in [1.29, 1.82) is 0 Å². The Hall–Kier alpha value is -2.14. The summed E-state index contributed by atoms with van der Waals surface area (Å²) >= 11 is 0.919. The van der Waals surface area contributed by atoms with Crippen LogP contribution in [0.3, 0.4) is 0 Å². The van der Waals surface area contributed by atoms with Crippen LogP contribution in [0.1, 0.15) is 30.9 Å². The molecule has 0 N–H and O–H groups in total. The van der Waals surface area contributed by atoms with E-state index < -0.39 is 0 Å². The summed E-state index contributed by atoms with van der Waals surface area (Å²) in [6.07, 6.45) is 8.87. The topological polar surface area (TPSA) is 54.5 Å². The van der Waals surface area contributed by atoms with Crippen LogP contribution in [0.2, 0.25) is 0 Å². The summed E-state index contributed by atoms with van der Waals surface area (Å²) in [6.45, 7) is 1.99. The minimum Gasteiger partial charge on any atom is -0.297 e. The maximum atomic E-state index is 12.6. The molecular weight excluding hydrogens is 346 g/mol. The number of nitrogens with zero attached hydrogens (tertiary/aromatic N) is 1. The number of amides is 2. The molecule has 1 aromatic carbocycles. The zero-order valence-corrected chi connectivity index (χ0v) is 15.5. The maximum Gasteiger partial charge on any atom is 0.293 e. The fourth-order valence-corrected chi connectivity index (χ4v) is 4.90. The number of benzene rings is 1. The average Bonchev–Trinajstić information content (AvgIpc) is 3.34. The number of carbonyl (C=O) groups is 3. The largest absolute Gasteiger partial charge is 0.297 e. The van der Waals surface area contributed by atoms with E-state index in [1.807, 2.05) is 24.3 Å². The van der Waals surface area contributed by atoms with Crippen molar-refractivity contribution in [3.63, 3.8) is 0 Å². The minimum atomic E-state index is -0.355. The molecule has 1 saturated heterocycles. The lowest BCUT2D eigenvalue weighted by Crippen LogP contribution is -2.37. The number of fused-ring (bicyclic) bond motifs is 2. The molecule has 0 unspecified atom stereocenters. The van der Waals surface area contributed by atoms with E-state index in [1.54, 1.807) is 6.08 Å². The molecule has 4 rings (SSSR count). The number of carbonyl (C=O) groups excluding carboxylic acids is 3. The summed E-state index contributed by atoms with van der Waals surface area (Å²) < 4.78 is 0. The summed E-state index contributed by atoms with van der Waals surface area (Å²) in [6, 6.07) is 7.92. The zero-order valence-electron chi connectivity index (χ0n) is 14.7. The van der Waals surface area contributed by atoms with Crippen LogP contribution >= 0.6 is 11.8 Å². The van der Waals surface area contributed by atoms with Gasteiger partial charge in [-0.2, -0.15) is 0 Å². The van der Waals surface area contributed by atoms with E-state index in [4.69, 9.17) is 0 Å². The predicted molar refractivity (Wildman–Crippen MR) is 102 cm³/mol. The summed E-state index contributed by atoms with van der Waals surface area (Å²) in [7, 11) is 0. The lowest BCUT2D eigenvalue weighted by molar-refractivity contribution is -0.130. The van der Waals surface area contributed by atoms with Crippen molar-refractivity contribution in [3.05, 3.63) is 52.4 Å². The zero-order chi connectivity index (χ0) is 18.3. The highest BCUT2D eigenvalue weighted by Crippen LogP contribution is 2.44. The van der Waals surface area contributed by atoms with Gasteiger partial charge in [0, 0.05) is 5.92 Å². The minimum absolute atomic E-state index is 0.0118. The molecule has 1 saturated carbocycles. The molecule has 1 aromatic rings. The Morgan fingerprint density at radius 3 is 2.58 bits per heavy atom. The van der Waals surface area contributed by atoms with Crippen molar-refractivity contribution < 1.29 is 14.4 Å². The van der Waals surface area contributed by atoms with Crippen molar-refractivity contribution in [3.8, 4) is 0 Å². The Morgan fingerprint density at radius 2 is 1.96 bits per heavy atom. The molecule has 134 valence electrons. The number of hydrogen-bond donors (Lipinski definition) is 0. The molecule has 3 atom stereocenters. The summed E-state index contributed by atoms with van der Waals surface area (Å²) in [5, 5.41) is -0.349. The highest BCUT2D eigenvalue weighted by Gasteiger charge is 2.43. The highest BCUT2D eigenvalue weighted by molar-refractivity contribution is 8.18. The maximum absolute atomic E-state index is 12.6. The first-order valence-corrected chi connectivity index (χ1v) is 9.92. The van der Waals surface area contributed by atoms with Crippen LogP contribution in [0.15, 0.2) is 41.3 Å². The Morgan fingerprint density at radius 1 is 1.19 bits per heavy atom. The fourth-order valence-electron chi connectivity index (χ4n) is 4.06. The highest BCUT2D eigenvalue weighted by atomic mass is 32.2. The monoisotopic (exact) mass is 367 g/mol. The molecule has 5 heteroatoms. The Labute approximate surface area is 157 Å². The van der Waals surface area contributed by atoms with Gasteiger partial charge in [0.1, 0.15) is 0 Å². The second kappa shape index (κ2) is 6.88. The normalized spacial score (nSPS) is 28.6. The van der Waals surface area contributed by atoms with Gasteiger partial charge in [-0.3, -0.25) is 19.3 Å². The third-order valence-corrected chi connectivity index (χ3v) is 6.47. The van der Waals surface area contributed by atoms with Gasteiger partial charge in [0.2, 0.25) is 0 Å². The summed E-state index contributed by atoms with van der Waals surface area (Å²) in [5.74, 6) is 0.407. The molecule has 2 amide bonds. The van der Waals surface area contributed by atoms with Gasteiger partial charge >= 0.3 is 0 Å². The average molecular weight is 367 g/mol. The number of allylic oxidation sites excluding steroid dienone is 2. The number of aryl methyl sites for hydroxylation is 1. The summed E-state index contributed by atoms with van der Waals surface area (Å²) in [5.41, 5.74) is 2.11. The number of thioether (sulfide) groups is 1. The van der Waals surface area contributed by atoms with Gasteiger partial charge in [-0.1, -0.05) is 43.3 Å². The van der Waals surface area contributed by atoms with Crippen molar-refractivity contribution in [1.82, 2.24) is 4.90 Å². The summed E-state index contributed by atoms with van der Waals surface area (Å²) in [4.78, 5) is 39.0. The third-order valence-electron chi connectivity index (χ3n) is 5.57. The van der Waals surface area contributed by atoms with Crippen LogP contribution in [-0.4, -0.2) is 28.4 Å². The van der Waals surface area contributed by atoms with E-state index in [0.29, 0.717) is 16.7 Å². The van der Waals surface area contributed by atoms with Crippen molar-refractivity contribution in [2.24, 2.45) is 17.8 Å². The standard InChI is InChI=1S/C21H21NO3S/c1-2-13-3-5-14(6-4-13)11-19-20(24)22(21(25)26-19)12-18(23)17-10-15-7-8-16(17)9-15/h3-8,11,15-17H,2,9-10,12H2,1H3/b19-11-/t15-,16+,17-/m0/s1. The lowest BCUT2D eigenvalue weighted by Gasteiger charge is -2.19. The molecule has 0 aromatic heterocycles. The molecule has 3 aliphatic rings. The Bertz CT molecular complexity index is 824. The number of ketones is 1. The Balaban J connectivity index is 1.45. The second-order valence-corrected chi connectivity index (χ2v) is 8.21. The number of hydrogen-bond acceptors (Lipinski definition) is 4. The molecule has 1 aliphatic heterocycles. The van der Waals surface area contributed by atoms with Gasteiger partial charge in [0.15, 0.2) is 5.78 Å². The molecule has 4 nitrogen and oxygen atoms in total. The van der Waals surface area contributed by atoms with E-state index in [9.17, 15) is 14.4 Å². The van der Waals surface area contributed by atoms with Crippen molar-refractivity contribution >= 4 is 34.8 Å². The van der Waals surface area contributed by atoms with Crippen LogP contribution < -0.4 is 0 Å². The molecule has 1 heterocycles. The Kier molecular flexibility index (Phi) is 4.57. The number of rotatable bonds is 5. The molecular formula is C21H21NO3S. The lowest BCUT2D eigenvalue weighted by atomic mass is 9.89. The van der Waals surface area contributed by atoms with Gasteiger partial charge < -0.3 is 0 Å². The first kappa shape index (κ1) is 17.3. The first-order chi connectivity index (χ1) is 12.5. The number of imide groups is 1. The fraction of sp³-hybridized carbons (Fsp3) is 0.381. The van der Waals surface area contributed by atoms with Gasteiger partial charge in [0.05, 0.1) is 11.4 Å². The van der Waals surface area contributed by atoms with Gasteiger partial charge in [0.25, 0.3) is 11.1 Å². The van der Waals surface area contributed by atoms with E-state index in [1.165, 1.54) is 5.56 Å². The van der Waals surface area contributed by atoms with Crippen LogP contribution in [0.4, 0.5) is 4.79 Å². The van der Waals surface area contributed by atoms with Gasteiger partial charge in [-0.05, 0) is 60.1 Å². The van der Waals surface area contributed by atoms with Gasteiger partial charge in [-0.25, -0.2) is 0 Å². The third kappa shape index (κ3) is 3.16. The van der Waals surface area contributed by atoms with Crippen molar-refractivity contribution in [2.75, 3.05) is 6.54 Å². The molecule has 2 aliphatic carbocycles. The van der Waals surface area contributed by atoms with E-state index in [2.05, 4.69) is 19.1 Å². The van der Waals surface area contributed by atoms with Gasteiger partial charge in [-0.15, -0.1) is 0 Å². The first-order valence-electron chi connectivity index (χ1n) is 9.10. The molecule has 2 fully saturated rings. The molecule has 2 bridgehead atoms. The molecule has 0 spiro atoms. The molecule has 0 radical (unpaired) electrons. The van der Waals surface area contributed by atoms with Crippen LogP contribution in [0, 0.1) is 17.8 Å². The van der Waals surface area contributed by atoms with Crippen LogP contribution in [0.5, 0.6) is 0 Å². The van der Waals surface area contributed by atoms with Crippen LogP contribution in [0.25, 0.3) is 6.08 Å². The van der Waals surface area contributed by atoms with E-state index in [-0.39, 0.29) is 29.4 Å². The van der Waals surface area contributed by atoms with Crippen molar-refractivity contribution in [2.45, 2.75) is 26.2 Å². The SMILES string of the molecule is CCc1ccc(/C=C2\SC(=O)N(CC(=O)[C@H]3C[C@H]4C=C[C@@H]3C4)C2=O)cc1. The number of Topliss-reactive ketones (excluding diaryl/α,β-unsaturated/α-hetero) is 1. The quantitative estimate of drug-likeness (QED) is 0.582. The molecule has 26 heavy (non-hydrogen) atoms. The van der Waals surface area contributed by atoms with E-state index in [0.717, 1.165) is 41.5 Å². The smallest absolute Gasteiger partial charge is 0.293 e. The van der Waals surface area contributed by atoms with Crippen LogP contribution in [-0.2, 0) is 16.0 Å². The predicted octanol–water partition coefficient (Wildman–Crippen LogP) is 4.07. The second-order valence-electron chi connectivity index (χ2n) is 7.22. The van der Waals surface area contributed by atoms with E-state index >= 15 is 0 Å².